The quantitative estimate of drug-likeness (QED) is 0.488. The molecule has 0 aliphatic heterocycles. The van der Waals surface area contributed by atoms with Gasteiger partial charge in [0, 0.05) is 22.4 Å². The summed E-state index contributed by atoms with van der Waals surface area (Å²) in [5, 5.41) is 10.9. The van der Waals surface area contributed by atoms with Crippen molar-refractivity contribution in [2.75, 3.05) is 5.75 Å². The lowest BCUT2D eigenvalue weighted by molar-refractivity contribution is 0.699. The van der Waals surface area contributed by atoms with Gasteiger partial charge in [-0.25, -0.2) is 9.97 Å². The zero-order chi connectivity index (χ0) is 12.4. The van der Waals surface area contributed by atoms with Crippen LogP contribution in [0, 0.1) is 11.3 Å². The van der Waals surface area contributed by atoms with E-state index in [2.05, 4.69) is 16.0 Å². The summed E-state index contributed by atoms with van der Waals surface area (Å²) < 4.78 is 0. The number of fused-ring (bicyclic) bond motifs is 3. The Morgan fingerprint density at radius 3 is 3.11 bits per heavy atom. The van der Waals surface area contributed by atoms with E-state index in [1.54, 1.807) is 18.1 Å². The van der Waals surface area contributed by atoms with Crippen LogP contribution in [0.15, 0.2) is 11.4 Å². The van der Waals surface area contributed by atoms with E-state index < -0.39 is 0 Å². The lowest BCUT2D eigenvalue weighted by atomic mass is 9.97. The van der Waals surface area contributed by atoms with Gasteiger partial charge in [-0.15, -0.1) is 23.1 Å². The molecule has 1 aliphatic carbocycles. The zero-order valence-corrected chi connectivity index (χ0v) is 11.6. The smallest absolute Gasteiger partial charge is 0.128 e. The van der Waals surface area contributed by atoms with Gasteiger partial charge in [0.05, 0.1) is 6.07 Å². The maximum Gasteiger partial charge on any atom is 0.128 e. The van der Waals surface area contributed by atoms with Gasteiger partial charge in [0.15, 0.2) is 0 Å². The third kappa shape index (κ3) is 2.11. The first-order valence-electron chi connectivity index (χ1n) is 6.15. The van der Waals surface area contributed by atoms with E-state index in [1.165, 1.54) is 35.1 Å². The van der Waals surface area contributed by atoms with Crippen LogP contribution >= 0.6 is 23.1 Å². The summed E-state index contributed by atoms with van der Waals surface area (Å²) >= 11 is 3.51. The molecule has 2 aromatic heterocycles. The standard InChI is InChI=1S/C13H13N3S2/c14-6-3-7-17-12-11-9-4-1-2-5-10(9)18-13(11)16-8-15-12/h8H,1-5,7H2. The first-order chi connectivity index (χ1) is 8.90. The molecule has 3 rings (SSSR count). The number of thioether (sulfide) groups is 1. The van der Waals surface area contributed by atoms with Crippen LogP contribution in [0.3, 0.4) is 0 Å². The molecule has 18 heavy (non-hydrogen) atoms. The van der Waals surface area contributed by atoms with Gasteiger partial charge in [-0.05, 0) is 31.2 Å². The van der Waals surface area contributed by atoms with E-state index in [0.717, 1.165) is 22.0 Å². The lowest BCUT2D eigenvalue weighted by Crippen LogP contribution is -1.99. The topological polar surface area (TPSA) is 49.6 Å². The van der Waals surface area contributed by atoms with Crippen LogP contribution in [0.1, 0.15) is 29.7 Å². The van der Waals surface area contributed by atoms with Crippen molar-refractivity contribution in [1.29, 1.82) is 5.26 Å². The molecule has 0 radical (unpaired) electrons. The number of rotatable bonds is 3. The lowest BCUT2D eigenvalue weighted by Gasteiger charge is -2.11. The first kappa shape index (κ1) is 11.9. The molecule has 2 aromatic rings. The summed E-state index contributed by atoms with van der Waals surface area (Å²) in [6.07, 6.45) is 7.15. The third-order valence-corrected chi connectivity index (χ3v) is 5.36. The maximum absolute atomic E-state index is 8.62. The highest BCUT2D eigenvalue weighted by atomic mass is 32.2. The Labute approximate surface area is 114 Å². The minimum Gasteiger partial charge on any atom is -0.229 e. The molecule has 0 atom stereocenters. The summed E-state index contributed by atoms with van der Waals surface area (Å²) in [6, 6.07) is 2.18. The van der Waals surface area contributed by atoms with Crippen LogP contribution in [0.4, 0.5) is 0 Å². The number of hydrogen-bond acceptors (Lipinski definition) is 5. The molecule has 3 nitrogen and oxygen atoms in total. The van der Waals surface area contributed by atoms with E-state index in [4.69, 9.17) is 5.26 Å². The van der Waals surface area contributed by atoms with Crippen LogP contribution in [0.25, 0.3) is 10.2 Å². The highest BCUT2D eigenvalue weighted by molar-refractivity contribution is 7.99. The predicted octanol–water partition coefficient (Wildman–Crippen LogP) is 3.58. The number of nitrogens with zero attached hydrogens (tertiary/aromatic N) is 3. The molecule has 0 unspecified atom stereocenters. The second-order valence-electron chi connectivity index (χ2n) is 4.33. The van der Waals surface area contributed by atoms with Gasteiger partial charge in [-0.2, -0.15) is 5.26 Å². The van der Waals surface area contributed by atoms with E-state index >= 15 is 0 Å². The highest BCUT2D eigenvalue weighted by Crippen LogP contribution is 2.39. The summed E-state index contributed by atoms with van der Waals surface area (Å²) in [6.45, 7) is 0. The molecule has 0 bridgehead atoms. The largest absolute Gasteiger partial charge is 0.229 e. The average Bonchev–Trinajstić information content (AvgIpc) is 2.78. The molecule has 0 saturated heterocycles. The van der Waals surface area contributed by atoms with Crippen LogP contribution in [-0.2, 0) is 12.8 Å². The predicted molar refractivity (Wildman–Crippen MR) is 75.0 cm³/mol. The van der Waals surface area contributed by atoms with E-state index in [1.807, 2.05) is 11.3 Å². The van der Waals surface area contributed by atoms with Crippen molar-refractivity contribution < 1.29 is 0 Å². The summed E-state index contributed by atoms with van der Waals surface area (Å²) in [5.41, 5.74) is 1.47. The molecule has 2 heterocycles. The van der Waals surface area contributed by atoms with Crippen LogP contribution < -0.4 is 0 Å². The molecule has 0 aromatic carbocycles. The molecule has 5 heteroatoms. The zero-order valence-electron chi connectivity index (χ0n) is 9.98. The fourth-order valence-electron chi connectivity index (χ4n) is 2.36. The van der Waals surface area contributed by atoms with Crippen molar-refractivity contribution in [3.05, 3.63) is 16.8 Å². The van der Waals surface area contributed by atoms with Crippen molar-refractivity contribution in [1.82, 2.24) is 9.97 Å². The Balaban J connectivity index is 2.03. The Bertz CT molecular complexity index is 612. The van der Waals surface area contributed by atoms with Gasteiger partial charge < -0.3 is 0 Å². The van der Waals surface area contributed by atoms with Gasteiger partial charge in [0.25, 0.3) is 0 Å². The van der Waals surface area contributed by atoms with Gasteiger partial charge in [-0.3, -0.25) is 0 Å². The normalized spacial score (nSPS) is 14.4. The number of hydrogen-bond donors (Lipinski definition) is 0. The number of aryl methyl sites for hydroxylation is 2. The Morgan fingerprint density at radius 2 is 2.22 bits per heavy atom. The Hall–Kier alpha value is -1.12. The molecule has 92 valence electrons. The first-order valence-corrected chi connectivity index (χ1v) is 7.95. The summed E-state index contributed by atoms with van der Waals surface area (Å²) in [7, 11) is 0. The van der Waals surface area contributed by atoms with Gasteiger partial charge in [0.2, 0.25) is 0 Å². The van der Waals surface area contributed by atoms with Crippen molar-refractivity contribution >= 4 is 33.3 Å². The maximum atomic E-state index is 8.62. The Kier molecular flexibility index (Phi) is 3.48. The molecular formula is C13H13N3S2. The minimum atomic E-state index is 0.572. The molecule has 0 saturated carbocycles. The molecule has 0 fully saturated rings. The SMILES string of the molecule is N#CCCSc1ncnc2sc3c(c12)CCCC3. The monoisotopic (exact) mass is 275 g/mol. The van der Waals surface area contributed by atoms with Crippen molar-refractivity contribution in [2.24, 2.45) is 0 Å². The molecule has 0 spiro atoms. The van der Waals surface area contributed by atoms with E-state index in [-0.39, 0.29) is 0 Å². The summed E-state index contributed by atoms with van der Waals surface area (Å²) in [4.78, 5) is 11.4. The molecule has 0 N–H and O–H groups in total. The van der Waals surface area contributed by atoms with E-state index in [0.29, 0.717) is 6.42 Å². The van der Waals surface area contributed by atoms with Gasteiger partial charge in [-0.1, -0.05) is 0 Å². The minimum absolute atomic E-state index is 0.572. The molecule has 1 aliphatic rings. The van der Waals surface area contributed by atoms with E-state index in [9.17, 15) is 0 Å². The molecular weight excluding hydrogens is 262 g/mol. The third-order valence-electron chi connectivity index (χ3n) is 3.17. The van der Waals surface area contributed by atoms with Gasteiger partial charge in [0.1, 0.15) is 16.2 Å². The van der Waals surface area contributed by atoms with Crippen molar-refractivity contribution in [3.63, 3.8) is 0 Å². The number of aromatic nitrogens is 2. The van der Waals surface area contributed by atoms with Crippen molar-refractivity contribution in [2.45, 2.75) is 37.1 Å². The highest BCUT2D eigenvalue weighted by Gasteiger charge is 2.19. The fourth-order valence-corrected chi connectivity index (χ4v) is 4.53. The van der Waals surface area contributed by atoms with Gasteiger partial charge >= 0.3 is 0 Å². The second kappa shape index (κ2) is 5.25. The van der Waals surface area contributed by atoms with Crippen LogP contribution in [-0.4, -0.2) is 15.7 Å². The van der Waals surface area contributed by atoms with Crippen molar-refractivity contribution in [3.8, 4) is 6.07 Å². The number of nitriles is 1. The summed E-state index contributed by atoms with van der Waals surface area (Å²) in [5.74, 6) is 0.813. The van der Waals surface area contributed by atoms with Crippen LogP contribution in [0.5, 0.6) is 0 Å². The second-order valence-corrected chi connectivity index (χ2v) is 6.49. The average molecular weight is 275 g/mol. The molecule has 0 amide bonds. The number of thiophene rings is 1. The van der Waals surface area contributed by atoms with Crippen LogP contribution in [0.2, 0.25) is 0 Å². The Morgan fingerprint density at radius 1 is 1.33 bits per heavy atom. The fraction of sp³-hybridized carbons (Fsp3) is 0.462.